The van der Waals surface area contributed by atoms with E-state index >= 15 is 0 Å². The van der Waals surface area contributed by atoms with Gasteiger partial charge in [-0.3, -0.25) is 4.79 Å². The van der Waals surface area contributed by atoms with Crippen LogP contribution in [0, 0.1) is 0 Å². The number of nitrogens with zero attached hydrogens (tertiary/aromatic N) is 1. The van der Waals surface area contributed by atoms with Gasteiger partial charge in [0.2, 0.25) is 5.91 Å². The number of pyridine rings is 1. The molecule has 2 aromatic heterocycles. The molecule has 2 heterocycles. The molecule has 6 heteroatoms. The van der Waals surface area contributed by atoms with Crippen LogP contribution in [0.15, 0.2) is 42.7 Å². The second-order valence-electron chi connectivity index (χ2n) is 4.76. The first kappa shape index (κ1) is 14.1. The average molecular weight is 297 g/mol. The maximum atomic E-state index is 11.2. The van der Waals surface area contributed by atoms with Crippen LogP contribution in [0.1, 0.15) is 0 Å². The van der Waals surface area contributed by atoms with Crippen LogP contribution in [0.5, 0.6) is 5.75 Å². The molecule has 3 rings (SSSR count). The first-order valence-corrected chi connectivity index (χ1v) is 6.73. The van der Waals surface area contributed by atoms with Gasteiger partial charge < -0.3 is 20.1 Å². The largest absolute Gasteiger partial charge is 0.496 e. The predicted molar refractivity (Wildman–Crippen MR) is 83.8 cm³/mol. The van der Waals surface area contributed by atoms with E-state index in [1.807, 2.05) is 24.4 Å². The summed E-state index contributed by atoms with van der Waals surface area (Å²) in [6.07, 6.45) is 3.61. The van der Waals surface area contributed by atoms with Gasteiger partial charge >= 0.3 is 0 Å². The van der Waals surface area contributed by atoms with Crippen LogP contribution in [0.25, 0.3) is 22.2 Å². The summed E-state index contributed by atoms with van der Waals surface area (Å²) in [4.78, 5) is 18.7. The van der Waals surface area contributed by atoms with Crippen molar-refractivity contribution in [2.24, 2.45) is 0 Å². The molecule has 0 spiro atoms. The number of rotatable bonds is 4. The smallest absolute Gasteiger partial charge is 0.250 e. The molecule has 0 saturated heterocycles. The molecule has 0 atom stereocenters. The van der Waals surface area contributed by atoms with Crippen molar-refractivity contribution in [1.82, 2.24) is 9.97 Å². The summed E-state index contributed by atoms with van der Waals surface area (Å²) in [5.74, 6) is 0.151. The van der Waals surface area contributed by atoms with E-state index in [9.17, 15) is 4.79 Å². The Hall–Kier alpha value is -2.86. The Morgan fingerprint density at radius 3 is 3.00 bits per heavy atom. The second kappa shape index (κ2) is 5.87. The second-order valence-corrected chi connectivity index (χ2v) is 4.76. The fraction of sp³-hybridized carbons (Fsp3) is 0.125. The van der Waals surface area contributed by atoms with E-state index in [0.29, 0.717) is 11.4 Å². The molecule has 0 aliphatic heterocycles. The number of benzene rings is 1. The standard InChI is InChI=1S/C16H15N3O3/c1-22-14-7-12(19-15(21)9-20)2-3-13(14)11-6-10-4-5-17-16(10)18-8-11/h2-8,20H,9H2,1H3,(H,17,18)(H,19,21). The van der Waals surface area contributed by atoms with Gasteiger partial charge in [0, 0.05) is 40.7 Å². The monoisotopic (exact) mass is 297 g/mol. The normalized spacial score (nSPS) is 10.6. The summed E-state index contributed by atoms with van der Waals surface area (Å²) in [6, 6.07) is 9.29. The van der Waals surface area contributed by atoms with Gasteiger partial charge in [-0.15, -0.1) is 0 Å². The number of anilines is 1. The van der Waals surface area contributed by atoms with Crippen LogP contribution in [0.4, 0.5) is 5.69 Å². The fourth-order valence-corrected chi connectivity index (χ4v) is 2.30. The highest BCUT2D eigenvalue weighted by Gasteiger charge is 2.10. The van der Waals surface area contributed by atoms with Crippen LogP contribution in [0.2, 0.25) is 0 Å². The van der Waals surface area contributed by atoms with Crippen molar-refractivity contribution < 1.29 is 14.6 Å². The van der Waals surface area contributed by atoms with Crippen molar-refractivity contribution in [1.29, 1.82) is 0 Å². The van der Waals surface area contributed by atoms with Crippen molar-refractivity contribution in [2.45, 2.75) is 0 Å². The van der Waals surface area contributed by atoms with Crippen molar-refractivity contribution in [2.75, 3.05) is 19.0 Å². The fourth-order valence-electron chi connectivity index (χ4n) is 2.30. The Morgan fingerprint density at radius 2 is 2.23 bits per heavy atom. The zero-order chi connectivity index (χ0) is 15.5. The first-order valence-electron chi connectivity index (χ1n) is 6.73. The Labute approximate surface area is 126 Å². The number of carbonyl (C=O) groups excluding carboxylic acids is 1. The Bertz CT molecular complexity index is 826. The Morgan fingerprint density at radius 1 is 1.36 bits per heavy atom. The lowest BCUT2D eigenvalue weighted by atomic mass is 10.0. The Kier molecular flexibility index (Phi) is 3.76. The topological polar surface area (TPSA) is 87.2 Å². The maximum absolute atomic E-state index is 11.2. The van der Waals surface area contributed by atoms with E-state index < -0.39 is 12.5 Å². The Balaban J connectivity index is 2.00. The molecule has 0 aliphatic carbocycles. The van der Waals surface area contributed by atoms with Gasteiger partial charge in [-0.25, -0.2) is 4.98 Å². The van der Waals surface area contributed by atoms with E-state index in [1.165, 1.54) is 0 Å². The quantitative estimate of drug-likeness (QED) is 0.688. The van der Waals surface area contributed by atoms with Crippen LogP contribution in [-0.2, 0) is 4.79 Å². The highest BCUT2D eigenvalue weighted by atomic mass is 16.5. The lowest BCUT2D eigenvalue weighted by Crippen LogP contribution is -2.15. The summed E-state index contributed by atoms with van der Waals surface area (Å²) >= 11 is 0. The average Bonchev–Trinajstić information content (AvgIpc) is 3.02. The molecule has 0 saturated carbocycles. The lowest BCUT2D eigenvalue weighted by molar-refractivity contribution is -0.118. The number of nitrogens with one attached hydrogen (secondary N) is 2. The highest BCUT2D eigenvalue weighted by molar-refractivity contribution is 5.92. The molecule has 0 fully saturated rings. The lowest BCUT2D eigenvalue weighted by Gasteiger charge is -2.11. The molecule has 112 valence electrons. The minimum Gasteiger partial charge on any atom is -0.496 e. The summed E-state index contributed by atoms with van der Waals surface area (Å²) in [5, 5.41) is 12.4. The van der Waals surface area contributed by atoms with Gasteiger partial charge in [0.1, 0.15) is 18.0 Å². The number of fused-ring (bicyclic) bond motifs is 1. The third kappa shape index (κ3) is 2.64. The van der Waals surface area contributed by atoms with Crippen LogP contribution >= 0.6 is 0 Å². The van der Waals surface area contributed by atoms with E-state index in [4.69, 9.17) is 9.84 Å². The molecule has 6 nitrogen and oxygen atoms in total. The molecule has 22 heavy (non-hydrogen) atoms. The van der Waals surface area contributed by atoms with Crippen molar-refractivity contribution >= 4 is 22.6 Å². The minimum atomic E-state index is -0.557. The van der Waals surface area contributed by atoms with Gasteiger partial charge in [0.15, 0.2) is 0 Å². The van der Waals surface area contributed by atoms with E-state index in [-0.39, 0.29) is 0 Å². The van der Waals surface area contributed by atoms with Gasteiger partial charge in [-0.2, -0.15) is 0 Å². The van der Waals surface area contributed by atoms with E-state index in [1.54, 1.807) is 25.4 Å². The molecule has 0 radical (unpaired) electrons. The number of methoxy groups -OCH3 is 1. The zero-order valence-electron chi connectivity index (χ0n) is 12.0. The molecular weight excluding hydrogens is 282 g/mol. The molecule has 1 amide bonds. The van der Waals surface area contributed by atoms with Gasteiger partial charge in [0.05, 0.1) is 7.11 Å². The molecule has 1 aromatic carbocycles. The molecule has 0 bridgehead atoms. The van der Waals surface area contributed by atoms with Crippen molar-refractivity contribution in [3.05, 3.63) is 42.7 Å². The number of aromatic amines is 1. The van der Waals surface area contributed by atoms with E-state index in [0.717, 1.165) is 22.2 Å². The van der Waals surface area contributed by atoms with Gasteiger partial charge in [0.25, 0.3) is 0 Å². The number of carbonyl (C=O) groups is 1. The van der Waals surface area contributed by atoms with Crippen LogP contribution in [-0.4, -0.2) is 34.7 Å². The third-order valence-electron chi connectivity index (χ3n) is 3.34. The highest BCUT2D eigenvalue weighted by Crippen LogP contribution is 2.33. The molecule has 0 aliphatic rings. The number of hydrogen-bond acceptors (Lipinski definition) is 4. The molecule has 3 N–H and O–H groups in total. The molecule has 3 aromatic rings. The number of aliphatic hydroxyl groups is 1. The van der Waals surface area contributed by atoms with Crippen LogP contribution < -0.4 is 10.1 Å². The van der Waals surface area contributed by atoms with E-state index in [2.05, 4.69) is 15.3 Å². The first-order chi connectivity index (χ1) is 10.7. The van der Waals surface area contributed by atoms with Crippen molar-refractivity contribution in [3.8, 4) is 16.9 Å². The predicted octanol–water partition coefficient (Wildman–Crippen LogP) is 2.17. The summed E-state index contributed by atoms with van der Waals surface area (Å²) < 4.78 is 5.40. The van der Waals surface area contributed by atoms with Gasteiger partial charge in [-0.05, 0) is 24.3 Å². The minimum absolute atomic E-state index is 0.467. The van der Waals surface area contributed by atoms with Gasteiger partial charge in [-0.1, -0.05) is 0 Å². The number of H-pyrrole nitrogens is 1. The van der Waals surface area contributed by atoms with Crippen molar-refractivity contribution in [3.63, 3.8) is 0 Å². The number of aliphatic hydroxyl groups excluding tert-OH is 1. The maximum Gasteiger partial charge on any atom is 0.250 e. The summed E-state index contributed by atoms with van der Waals surface area (Å²) in [5.41, 5.74) is 3.19. The molecular formula is C16H15N3O3. The van der Waals surface area contributed by atoms with Crippen LogP contribution in [0.3, 0.4) is 0 Å². The third-order valence-corrected chi connectivity index (χ3v) is 3.34. The number of amides is 1. The summed E-state index contributed by atoms with van der Waals surface area (Å²) in [6.45, 7) is -0.557. The number of ether oxygens (including phenoxy) is 1. The number of hydrogen-bond donors (Lipinski definition) is 3. The number of aromatic nitrogens is 2. The molecule has 0 unspecified atom stereocenters. The SMILES string of the molecule is COc1cc(NC(=O)CO)ccc1-c1cnc2[nH]ccc2c1. The zero-order valence-corrected chi connectivity index (χ0v) is 12.0. The summed E-state index contributed by atoms with van der Waals surface area (Å²) in [7, 11) is 1.57.